The number of aliphatic hydroxyl groups is 1. The number of hydrogen-bond acceptors (Lipinski definition) is 5. The molecule has 28 heavy (non-hydrogen) atoms. The SMILES string of the molecule is CCN(C(=O)c1cccc(F)c1F)[C@H]1CCN(C(=O)c2csc(C)n2)C[C@@H]1O. The molecule has 2 amide bonds. The lowest BCUT2D eigenvalue weighted by Crippen LogP contribution is -2.57. The molecule has 2 atom stereocenters. The molecule has 3 rings (SSSR count). The summed E-state index contributed by atoms with van der Waals surface area (Å²) in [6.45, 7) is 4.09. The van der Waals surface area contributed by atoms with Gasteiger partial charge in [-0.2, -0.15) is 0 Å². The molecule has 0 spiro atoms. The van der Waals surface area contributed by atoms with Gasteiger partial charge in [-0.25, -0.2) is 13.8 Å². The van der Waals surface area contributed by atoms with E-state index in [1.165, 1.54) is 33.3 Å². The fourth-order valence-corrected chi connectivity index (χ4v) is 4.03. The zero-order chi connectivity index (χ0) is 20.4. The summed E-state index contributed by atoms with van der Waals surface area (Å²) in [5.41, 5.74) is -0.0380. The van der Waals surface area contributed by atoms with Crippen LogP contribution in [0.5, 0.6) is 0 Å². The maximum absolute atomic E-state index is 14.0. The van der Waals surface area contributed by atoms with E-state index in [9.17, 15) is 23.5 Å². The molecule has 9 heteroatoms. The normalized spacial score (nSPS) is 19.5. The Hall–Kier alpha value is -2.39. The number of likely N-dealkylation sites (tertiary alicyclic amines) is 1. The fraction of sp³-hybridized carbons (Fsp3) is 0.421. The maximum atomic E-state index is 14.0. The van der Waals surface area contributed by atoms with E-state index in [1.54, 1.807) is 19.2 Å². The van der Waals surface area contributed by atoms with Crippen molar-refractivity contribution in [1.82, 2.24) is 14.8 Å². The average Bonchev–Trinajstić information content (AvgIpc) is 3.11. The number of halogens is 2. The van der Waals surface area contributed by atoms with Crippen LogP contribution in [0.3, 0.4) is 0 Å². The molecule has 0 unspecified atom stereocenters. The van der Waals surface area contributed by atoms with Crippen LogP contribution < -0.4 is 0 Å². The van der Waals surface area contributed by atoms with Crippen LogP contribution >= 0.6 is 11.3 Å². The highest BCUT2D eigenvalue weighted by Gasteiger charge is 2.37. The Morgan fingerprint density at radius 3 is 2.75 bits per heavy atom. The number of nitrogens with zero attached hydrogens (tertiary/aromatic N) is 3. The van der Waals surface area contributed by atoms with Crippen molar-refractivity contribution in [2.75, 3.05) is 19.6 Å². The Morgan fingerprint density at radius 2 is 2.14 bits per heavy atom. The van der Waals surface area contributed by atoms with Crippen LogP contribution in [0.25, 0.3) is 0 Å². The van der Waals surface area contributed by atoms with Crippen molar-refractivity contribution in [3.8, 4) is 0 Å². The lowest BCUT2D eigenvalue weighted by molar-refractivity contribution is -0.00399. The van der Waals surface area contributed by atoms with Gasteiger partial charge in [-0.3, -0.25) is 9.59 Å². The molecule has 1 saturated heterocycles. The number of aliphatic hydroxyl groups excluding tert-OH is 1. The minimum Gasteiger partial charge on any atom is -0.389 e. The van der Waals surface area contributed by atoms with Crippen LogP contribution in [-0.2, 0) is 0 Å². The van der Waals surface area contributed by atoms with Gasteiger partial charge in [-0.1, -0.05) is 6.07 Å². The summed E-state index contributed by atoms with van der Waals surface area (Å²) >= 11 is 1.37. The number of β-amino-alcohol motifs (C(OH)–C–C–N with tert-alkyl or cyclic N) is 1. The lowest BCUT2D eigenvalue weighted by Gasteiger charge is -2.41. The molecule has 1 aromatic carbocycles. The first-order valence-corrected chi connectivity index (χ1v) is 9.85. The second kappa shape index (κ2) is 8.32. The number of likely N-dealkylation sites (N-methyl/N-ethyl adjacent to an activating group) is 1. The molecule has 1 fully saturated rings. The van der Waals surface area contributed by atoms with Gasteiger partial charge in [-0.15, -0.1) is 11.3 Å². The van der Waals surface area contributed by atoms with Crippen LogP contribution in [0.4, 0.5) is 8.78 Å². The number of amides is 2. The topological polar surface area (TPSA) is 73.7 Å². The molecule has 6 nitrogen and oxygen atoms in total. The van der Waals surface area contributed by atoms with Crippen molar-refractivity contribution in [3.63, 3.8) is 0 Å². The average molecular weight is 409 g/mol. The minimum absolute atomic E-state index is 0.0372. The molecular formula is C19H21F2N3O3S. The quantitative estimate of drug-likeness (QED) is 0.842. The Morgan fingerprint density at radius 1 is 1.39 bits per heavy atom. The zero-order valence-electron chi connectivity index (χ0n) is 15.6. The van der Waals surface area contributed by atoms with Gasteiger partial charge in [0.2, 0.25) is 0 Å². The van der Waals surface area contributed by atoms with Crippen molar-refractivity contribution >= 4 is 23.2 Å². The maximum Gasteiger partial charge on any atom is 0.273 e. The summed E-state index contributed by atoms with van der Waals surface area (Å²) in [6.07, 6.45) is -0.676. The predicted molar refractivity (Wildman–Crippen MR) is 100 cm³/mol. The molecule has 150 valence electrons. The number of aromatic nitrogens is 1. The highest BCUT2D eigenvalue weighted by atomic mass is 32.1. The number of rotatable bonds is 4. The van der Waals surface area contributed by atoms with Gasteiger partial charge in [0.1, 0.15) is 5.69 Å². The molecular weight excluding hydrogens is 388 g/mol. The second-order valence-electron chi connectivity index (χ2n) is 6.62. The molecule has 0 saturated carbocycles. The summed E-state index contributed by atoms with van der Waals surface area (Å²) in [5.74, 6) is -3.25. The third kappa shape index (κ3) is 3.90. The van der Waals surface area contributed by atoms with E-state index in [1.807, 2.05) is 0 Å². The lowest BCUT2D eigenvalue weighted by atomic mass is 9.98. The molecule has 0 bridgehead atoms. The standard InChI is InChI=1S/C19H21F2N3O3S/c1-3-24(18(26)12-5-4-6-13(20)17(12)21)15-7-8-23(9-16(15)25)19(27)14-10-28-11(2)22-14/h4-6,10,15-16,25H,3,7-9H2,1-2H3/t15-,16-/m0/s1. The van der Waals surface area contributed by atoms with E-state index in [4.69, 9.17) is 0 Å². The summed E-state index contributed by atoms with van der Waals surface area (Å²) < 4.78 is 27.5. The predicted octanol–water partition coefficient (Wildman–Crippen LogP) is 2.47. The van der Waals surface area contributed by atoms with Gasteiger partial charge in [-0.05, 0) is 32.4 Å². The fourth-order valence-electron chi connectivity index (χ4n) is 3.44. The number of hydrogen-bond donors (Lipinski definition) is 1. The van der Waals surface area contributed by atoms with Crippen LogP contribution in [-0.4, -0.2) is 63.5 Å². The van der Waals surface area contributed by atoms with E-state index < -0.39 is 29.7 Å². The molecule has 2 heterocycles. The molecule has 1 aliphatic rings. The smallest absolute Gasteiger partial charge is 0.273 e. The van der Waals surface area contributed by atoms with Crippen molar-refractivity contribution in [2.24, 2.45) is 0 Å². The largest absolute Gasteiger partial charge is 0.389 e. The number of carbonyl (C=O) groups excluding carboxylic acids is 2. The highest BCUT2D eigenvalue weighted by Crippen LogP contribution is 2.23. The third-order valence-electron chi connectivity index (χ3n) is 4.86. The van der Waals surface area contributed by atoms with Crippen LogP contribution in [0, 0.1) is 18.6 Å². The summed E-state index contributed by atoms with van der Waals surface area (Å²) in [5, 5.41) is 13.0. The molecule has 0 aliphatic carbocycles. The van der Waals surface area contributed by atoms with E-state index in [2.05, 4.69) is 4.98 Å². The van der Waals surface area contributed by atoms with Gasteiger partial charge in [0.25, 0.3) is 11.8 Å². The zero-order valence-corrected chi connectivity index (χ0v) is 16.4. The van der Waals surface area contributed by atoms with Crippen LogP contribution in [0.1, 0.15) is 39.2 Å². The van der Waals surface area contributed by atoms with Crippen LogP contribution in [0.15, 0.2) is 23.6 Å². The summed E-state index contributed by atoms with van der Waals surface area (Å²) in [6, 6.07) is 2.84. The van der Waals surface area contributed by atoms with Gasteiger partial charge >= 0.3 is 0 Å². The minimum atomic E-state index is -1.20. The van der Waals surface area contributed by atoms with E-state index in [0.29, 0.717) is 18.7 Å². The molecule has 1 aliphatic heterocycles. The van der Waals surface area contributed by atoms with Crippen molar-refractivity contribution in [2.45, 2.75) is 32.4 Å². The Bertz CT molecular complexity index is 889. The van der Waals surface area contributed by atoms with Crippen molar-refractivity contribution < 1.29 is 23.5 Å². The van der Waals surface area contributed by atoms with Gasteiger partial charge < -0.3 is 14.9 Å². The first-order chi connectivity index (χ1) is 13.3. The van der Waals surface area contributed by atoms with E-state index in [0.717, 1.165) is 11.1 Å². The van der Waals surface area contributed by atoms with Crippen molar-refractivity contribution in [1.29, 1.82) is 0 Å². The van der Waals surface area contributed by atoms with Crippen molar-refractivity contribution in [3.05, 3.63) is 51.5 Å². The second-order valence-corrected chi connectivity index (χ2v) is 7.68. The number of thiazole rings is 1. The Labute approximate surface area is 165 Å². The van der Waals surface area contributed by atoms with E-state index in [-0.39, 0.29) is 24.6 Å². The first-order valence-electron chi connectivity index (χ1n) is 8.98. The van der Waals surface area contributed by atoms with Crippen LogP contribution in [0.2, 0.25) is 0 Å². The Kier molecular flexibility index (Phi) is 6.04. The van der Waals surface area contributed by atoms with E-state index >= 15 is 0 Å². The third-order valence-corrected chi connectivity index (χ3v) is 5.63. The summed E-state index contributed by atoms with van der Waals surface area (Å²) in [4.78, 5) is 32.3. The number of piperidine rings is 1. The molecule has 1 aromatic heterocycles. The highest BCUT2D eigenvalue weighted by molar-refractivity contribution is 7.09. The molecule has 0 radical (unpaired) electrons. The molecule has 1 N–H and O–H groups in total. The van der Waals surface area contributed by atoms with Gasteiger partial charge in [0, 0.05) is 25.0 Å². The number of carbonyl (C=O) groups is 2. The Balaban J connectivity index is 1.74. The number of aryl methyl sites for hydroxylation is 1. The molecule has 2 aromatic rings. The van der Waals surface area contributed by atoms with Gasteiger partial charge in [0.05, 0.1) is 22.7 Å². The monoisotopic (exact) mass is 409 g/mol. The van der Waals surface area contributed by atoms with Gasteiger partial charge in [0.15, 0.2) is 11.6 Å². The summed E-state index contributed by atoms with van der Waals surface area (Å²) in [7, 11) is 0. The number of benzene rings is 1. The first kappa shape index (κ1) is 20.3.